The van der Waals surface area contributed by atoms with E-state index in [1.807, 2.05) is 47.0 Å². The van der Waals surface area contributed by atoms with Gasteiger partial charge in [-0.2, -0.15) is 0 Å². The first-order chi connectivity index (χ1) is 19.7. The summed E-state index contributed by atoms with van der Waals surface area (Å²) in [6, 6.07) is 17.0. The molecule has 1 saturated heterocycles. The van der Waals surface area contributed by atoms with Gasteiger partial charge in [0.25, 0.3) is 5.91 Å². The van der Waals surface area contributed by atoms with Crippen molar-refractivity contribution in [3.05, 3.63) is 89.1 Å². The molecule has 0 aliphatic carbocycles. The van der Waals surface area contributed by atoms with Crippen molar-refractivity contribution in [2.45, 2.75) is 51.3 Å². The van der Waals surface area contributed by atoms with Gasteiger partial charge in [-0.15, -0.1) is 0 Å². The Morgan fingerprint density at radius 3 is 2.41 bits per heavy atom. The zero-order valence-electron chi connectivity index (χ0n) is 23.1. The monoisotopic (exact) mass is 569 g/mol. The third-order valence-corrected chi connectivity index (χ3v) is 7.30. The Kier molecular flexibility index (Phi) is 8.08. The van der Waals surface area contributed by atoms with Crippen molar-refractivity contribution in [1.82, 2.24) is 19.6 Å². The molecule has 1 fully saturated rings. The summed E-state index contributed by atoms with van der Waals surface area (Å²) >= 11 is 1.42. The number of fused-ring (bicyclic) bond motifs is 1. The molecule has 0 saturated carbocycles. The first-order valence-corrected chi connectivity index (χ1v) is 14.2. The summed E-state index contributed by atoms with van der Waals surface area (Å²) in [5, 5.41) is 5.57. The molecule has 0 bridgehead atoms. The van der Waals surface area contributed by atoms with Crippen LogP contribution >= 0.6 is 11.3 Å². The maximum Gasteiger partial charge on any atom is 0.408 e. The molecule has 9 nitrogen and oxygen atoms in total. The van der Waals surface area contributed by atoms with Gasteiger partial charge in [0.15, 0.2) is 10.8 Å². The van der Waals surface area contributed by atoms with Gasteiger partial charge in [-0.05, 0) is 57.2 Å². The number of nitrogens with one attached hydrogen (secondary N) is 2. The van der Waals surface area contributed by atoms with Crippen molar-refractivity contribution in [1.29, 1.82) is 0 Å². The molecule has 4 aromatic rings. The summed E-state index contributed by atoms with van der Waals surface area (Å²) in [4.78, 5) is 47.3. The second-order valence-corrected chi connectivity index (χ2v) is 11.7. The molecule has 0 spiro atoms. The number of amides is 3. The highest BCUT2D eigenvalue weighted by atomic mass is 32.1. The standard InChI is InChI=1S/C31H31N5O4S/c1-31(2,3)40-30(39)34-26(22-13-8-5-9-14-22)28(38)36-18-10-15-24(36)27(37)32-25-20-35-19-23(41-29(35)33-25)17-16-21-11-6-4-7-12-21/h4-9,11-14,19-20,24,26H,10,15,18H2,1-3H3,(H,32,37)(H,34,39). The van der Waals surface area contributed by atoms with Crippen molar-refractivity contribution < 1.29 is 19.1 Å². The SMILES string of the molecule is CC(C)(C)OC(=O)NC(C(=O)N1CCCC1C(=O)Nc1cn2cc(C#Cc3ccccc3)sc2n1)c1ccccc1. The molecule has 10 heteroatoms. The second-order valence-electron chi connectivity index (χ2n) is 10.7. The van der Waals surface area contributed by atoms with Gasteiger partial charge < -0.3 is 20.3 Å². The number of benzene rings is 2. The fourth-order valence-corrected chi connectivity index (χ4v) is 5.43. The second kappa shape index (κ2) is 11.9. The van der Waals surface area contributed by atoms with Crippen molar-refractivity contribution >= 4 is 40.0 Å². The third kappa shape index (κ3) is 6.94. The van der Waals surface area contributed by atoms with E-state index >= 15 is 0 Å². The molecule has 1 aliphatic rings. The highest BCUT2D eigenvalue weighted by molar-refractivity contribution is 7.17. The fourth-order valence-electron chi connectivity index (χ4n) is 4.61. The molecule has 2 aromatic carbocycles. The van der Waals surface area contributed by atoms with E-state index in [9.17, 15) is 14.4 Å². The van der Waals surface area contributed by atoms with Crippen LogP contribution in [-0.2, 0) is 14.3 Å². The van der Waals surface area contributed by atoms with Gasteiger partial charge >= 0.3 is 6.09 Å². The van der Waals surface area contributed by atoms with E-state index in [0.29, 0.717) is 35.7 Å². The van der Waals surface area contributed by atoms with Crippen LogP contribution in [0.5, 0.6) is 0 Å². The Bertz CT molecular complexity index is 1580. The van der Waals surface area contributed by atoms with Gasteiger partial charge in [0.05, 0.1) is 11.1 Å². The van der Waals surface area contributed by atoms with E-state index in [0.717, 1.165) is 10.4 Å². The van der Waals surface area contributed by atoms with Crippen LogP contribution in [0.4, 0.5) is 10.6 Å². The van der Waals surface area contributed by atoms with Gasteiger partial charge in [0.2, 0.25) is 5.91 Å². The number of rotatable bonds is 5. The first-order valence-electron chi connectivity index (χ1n) is 13.4. The number of likely N-dealkylation sites (tertiary alicyclic amines) is 1. The van der Waals surface area contributed by atoms with Crippen LogP contribution in [0.1, 0.15) is 55.7 Å². The van der Waals surface area contributed by atoms with E-state index in [4.69, 9.17) is 4.74 Å². The van der Waals surface area contributed by atoms with E-state index in [2.05, 4.69) is 27.5 Å². The first kappa shape index (κ1) is 27.9. The van der Waals surface area contributed by atoms with E-state index in [1.165, 1.54) is 16.2 Å². The van der Waals surface area contributed by atoms with Gasteiger partial charge in [-0.25, -0.2) is 9.78 Å². The molecule has 2 atom stereocenters. The summed E-state index contributed by atoms with van der Waals surface area (Å²) in [6.45, 7) is 5.67. The zero-order chi connectivity index (χ0) is 29.0. The number of alkyl carbamates (subject to hydrolysis) is 1. The zero-order valence-corrected chi connectivity index (χ0v) is 23.9. The highest BCUT2D eigenvalue weighted by Gasteiger charge is 2.39. The van der Waals surface area contributed by atoms with Crippen LogP contribution < -0.4 is 10.6 Å². The van der Waals surface area contributed by atoms with Crippen molar-refractivity contribution in [2.24, 2.45) is 0 Å². The number of carbonyl (C=O) groups excluding carboxylic acids is 3. The van der Waals surface area contributed by atoms with Crippen molar-refractivity contribution in [2.75, 3.05) is 11.9 Å². The molecule has 5 rings (SSSR count). The lowest BCUT2D eigenvalue weighted by molar-refractivity contribution is -0.138. The topological polar surface area (TPSA) is 105 Å². The average Bonchev–Trinajstić information content (AvgIpc) is 3.66. The van der Waals surface area contributed by atoms with E-state index in [-0.39, 0.29) is 11.8 Å². The molecule has 2 N–H and O–H groups in total. The summed E-state index contributed by atoms with van der Waals surface area (Å²) in [5.74, 6) is 5.98. The van der Waals surface area contributed by atoms with E-state index < -0.39 is 23.8 Å². The normalized spacial score (nSPS) is 15.6. The largest absolute Gasteiger partial charge is 0.444 e. The van der Waals surface area contributed by atoms with Crippen LogP contribution in [0.3, 0.4) is 0 Å². The number of thiazole rings is 1. The smallest absolute Gasteiger partial charge is 0.408 e. The summed E-state index contributed by atoms with van der Waals surface area (Å²) in [6.07, 6.45) is 4.07. The Morgan fingerprint density at radius 1 is 1.02 bits per heavy atom. The third-order valence-electron chi connectivity index (χ3n) is 6.39. The molecular weight excluding hydrogens is 538 g/mol. The number of ether oxygens (including phenoxy) is 1. The molecular formula is C31H31N5O4S. The van der Waals surface area contributed by atoms with Crippen LogP contribution in [0.25, 0.3) is 4.96 Å². The maximum absolute atomic E-state index is 13.8. The van der Waals surface area contributed by atoms with Gasteiger partial charge in [0, 0.05) is 18.3 Å². The number of carbonyl (C=O) groups is 3. The minimum Gasteiger partial charge on any atom is -0.444 e. The van der Waals surface area contributed by atoms with Crippen molar-refractivity contribution in [3.8, 4) is 11.8 Å². The fraction of sp³-hybridized carbons (Fsp3) is 0.290. The molecule has 210 valence electrons. The van der Waals surface area contributed by atoms with Crippen molar-refractivity contribution in [3.63, 3.8) is 0 Å². The molecule has 41 heavy (non-hydrogen) atoms. The Morgan fingerprint density at radius 2 is 1.73 bits per heavy atom. The number of hydrogen-bond donors (Lipinski definition) is 2. The lowest BCUT2D eigenvalue weighted by atomic mass is 10.0. The van der Waals surface area contributed by atoms with Gasteiger partial charge in [-0.1, -0.05) is 65.8 Å². The number of anilines is 1. The lowest BCUT2D eigenvalue weighted by Gasteiger charge is -2.29. The summed E-state index contributed by atoms with van der Waals surface area (Å²) < 4.78 is 7.23. The maximum atomic E-state index is 13.8. The Labute approximate surface area is 242 Å². The Hall–Kier alpha value is -4.62. The molecule has 0 radical (unpaired) electrons. The Balaban J connectivity index is 1.28. The highest BCUT2D eigenvalue weighted by Crippen LogP contribution is 2.26. The minimum absolute atomic E-state index is 0.324. The lowest BCUT2D eigenvalue weighted by Crippen LogP contribution is -2.49. The number of nitrogens with zero attached hydrogens (tertiary/aromatic N) is 3. The number of hydrogen-bond acceptors (Lipinski definition) is 6. The number of imidazole rings is 1. The molecule has 3 amide bonds. The van der Waals surface area contributed by atoms with Crippen LogP contribution in [0.15, 0.2) is 73.1 Å². The van der Waals surface area contributed by atoms with Crippen LogP contribution in [0.2, 0.25) is 0 Å². The van der Waals surface area contributed by atoms with Gasteiger partial charge in [0.1, 0.15) is 17.7 Å². The quantitative estimate of drug-likeness (QED) is 0.330. The van der Waals surface area contributed by atoms with E-state index in [1.54, 1.807) is 51.2 Å². The predicted octanol–water partition coefficient (Wildman–Crippen LogP) is 4.99. The summed E-state index contributed by atoms with van der Waals surface area (Å²) in [7, 11) is 0. The molecule has 1 aliphatic heterocycles. The number of aromatic nitrogens is 2. The minimum atomic E-state index is -0.993. The predicted molar refractivity (Wildman–Crippen MR) is 157 cm³/mol. The molecule has 3 heterocycles. The molecule has 2 aromatic heterocycles. The van der Waals surface area contributed by atoms with Gasteiger partial charge in [-0.3, -0.25) is 14.0 Å². The van der Waals surface area contributed by atoms with Crippen LogP contribution in [0, 0.1) is 11.8 Å². The van der Waals surface area contributed by atoms with Crippen LogP contribution in [-0.4, -0.2) is 50.4 Å². The summed E-state index contributed by atoms with van der Waals surface area (Å²) in [5.41, 5.74) is 0.811. The average molecular weight is 570 g/mol. The molecule has 2 unspecified atom stereocenters.